The Kier molecular flexibility index (Phi) is 5.14. The summed E-state index contributed by atoms with van der Waals surface area (Å²) in [5.41, 5.74) is 0.965. The first-order valence-electron chi connectivity index (χ1n) is 6.73. The van der Waals surface area contributed by atoms with Crippen LogP contribution in [0.1, 0.15) is 5.56 Å². The number of hydrogen-bond donors (Lipinski definition) is 1. The molecule has 1 heterocycles. The summed E-state index contributed by atoms with van der Waals surface area (Å²) < 4.78 is 10.4. The first-order chi connectivity index (χ1) is 10.2. The lowest BCUT2D eigenvalue weighted by molar-refractivity contribution is 0.203. The van der Waals surface area contributed by atoms with Crippen molar-refractivity contribution in [2.45, 2.75) is 6.54 Å². The second-order valence-electron chi connectivity index (χ2n) is 4.70. The van der Waals surface area contributed by atoms with Crippen molar-refractivity contribution in [1.82, 2.24) is 4.90 Å². The number of benzene rings is 1. The second-order valence-corrected chi connectivity index (χ2v) is 4.70. The van der Waals surface area contributed by atoms with E-state index in [1.165, 1.54) is 6.07 Å². The summed E-state index contributed by atoms with van der Waals surface area (Å²) in [7, 11) is 1.57. The number of ether oxygens (including phenoxy) is 1. The van der Waals surface area contributed by atoms with Crippen LogP contribution in [0.4, 0.5) is 0 Å². The Bertz CT molecular complexity index is 678. The molecular weight excluding hydrogens is 270 g/mol. The molecule has 1 aromatic carbocycles. The highest BCUT2D eigenvalue weighted by Gasteiger charge is 2.10. The van der Waals surface area contributed by atoms with Crippen LogP contribution in [-0.2, 0) is 6.54 Å². The van der Waals surface area contributed by atoms with Crippen LogP contribution in [-0.4, -0.2) is 36.8 Å². The van der Waals surface area contributed by atoms with E-state index in [-0.39, 0.29) is 6.61 Å². The van der Waals surface area contributed by atoms with Gasteiger partial charge in [-0.15, -0.1) is 6.58 Å². The molecule has 0 saturated carbocycles. The number of rotatable bonds is 7. The van der Waals surface area contributed by atoms with E-state index in [0.717, 1.165) is 10.9 Å². The third-order valence-electron chi connectivity index (χ3n) is 3.23. The van der Waals surface area contributed by atoms with Crippen molar-refractivity contribution in [2.75, 3.05) is 26.8 Å². The largest absolute Gasteiger partial charge is 0.497 e. The van der Waals surface area contributed by atoms with Gasteiger partial charge in [-0.05, 0) is 17.7 Å². The normalized spacial score (nSPS) is 11.0. The molecule has 0 aliphatic heterocycles. The minimum absolute atomic E-state index is 0.0566. The lowest BCUT2D eigenvalue weighted by Gasteiger charge is -2.20. The van der Waals surface area contributed by atoms with Gasteiger partial charge in [0, 0.05) is 37.2 Å². The Morgan fingerprint density at radius 1 is 1.43 bits per heavy atom. The fraction of sp³-hybridized carbons (Fsp3) is 0.312. The zero-order valence-electron chi connectivity index (χ0n) is 12.0. The summed E-state index contributed by atoms with van der Waals surface area (Å²) in [6, 6.07) is 6.89. The van der Waals surface area contributed by atoms with Crippen LogP contribution in [0.5, 0.6) is 5.75 Å². The fourth-order valence-corrected chi connectivity index (χ4v) is 2.27. The van der Waals surface area contributed by atoms with Crippen LogP contribution < -0.4 is 10.4 Å². The summed E-state index contributed by atoms with van der Waals surface area (Å²) in [5, 5.41) is 9.97. The van der Waals surface area contributed by atoms with E-state index in [2.05, 4.69) is 6.58 Å². The molecule has 5 heteroatoms. The van der Waals surface area contributed by atoms with Crippen molar-refractivity contribution in [3.63, 3.8) is 0 Å². The van der Waals surface area contributed by atoms with E-state index in [1.54, 1.807) is 19.3 Å². The average Bonchev–Trinajstić information content (AvgIpc) is 2.46. The van der Waals surface area contributed by atoms with Gasteiger partial charge in [0.2, 0.25) is 0 Å². The molecule has 0 spiro atoms. The van der Waals surface area contributed by atoms with Gasteiger partial charge in [0.05, 0.1) is 13.7 Å². The molecule has 0 atom stereocenters. The predicted molar refractivity (Wildman–Crippen MR) is 81.6 cm³/mol. The van der Waals surface area contributed by atoms with Crippen molar-refractivity contribution >= 4 is 11.0 Å². The van der Waals surface area contributed by atoms with Gasteiger partial charge in [0.15, 0.2) is 0 Å². The molecule has 0 saturated heterocycles. The predicted octanol–water partition coefficient (Wildman–Crippen LogP) is 1.78. The van der Waals surface area contributed by atoms with Gasteiger partial charge in [-0.2, -0.15) is 0 Å². The fourth-order valence-electron chi connectivity index (χ4n) is 2.27. The highest BCUT2D eigenvalue weighted by atomic mass is 16.5. The maximum Gasteiger partial charge on any atom is 0.336 e. The van der Waals surface area contributed by atoms with E-state index in [4.69, 9.17) is 14.3 Å². The quantitative estimate of drug-likeness (QED) is 0.622. The molecule has 0 fully saturated rings. The Morgan fingerprint density at radius 3 is 2.90 bits per heavy atom. The molecule has 2 rings (SSSR count). The van der Waals surface area contributed by atoms with Crippen molar-refractivity contribution in [3.8, 4) is 5.75 Å². The van der Waals surface area contributed by atoms with E-state index >= 15 is 0 Å². The van der Waals surface area contributed by atoms with Gasteiger partial charge in [-0.1, -0.05) is 6.08 Å². The molecule has 0 aliphatic rings. The minimum atomic E-state index is -0.395. The summed E-state index contributed by atoms with van der Waals surface area (Å²) in [4.78, 5) is 13.7. The van der Waals surface area contributed by atoms with Crippen LogP contribution in [0, 0.1) is 0 Å². The van der Waals surface area contributed by atoms with Crippen LogP contribution >= 0.6 is 0 Å². The van der Waals surface area contributed by atoms with Crippen LogP contribution in [0.25, 0.3) is 11.0 Å². The Labute approximate surface area is 123 Å². The van der Waals surface area contributed by atoms with Gasteiger partial charge < -0.3 is 14.3 Å². The molecule has 2 aromatic rings. The molecule has 1 aromatic heterocycles. The van der Waals surface area contributed by atoms with E-state index in [0.29, 0.717) is 31.0 Å². The molecule has 0 unspecified atom stereocenters. The number of aliphatic hydroxyl groups is 1. The Balaban J connectivity index is 2.42. The van der Waals surface area contributed by atoms with Gasteiger partial charge >= 0.3 is 5.63 Å². The molecule has 112 valence electrons. The SMILES string of the molecule is C=CCN(CCO)Cc1cc(=O)oc2cc(OC)ccc12. The first kappa shape index (κ1) is 15.3. The summed E-state index contributed by atoms with van der Waals surface area (Å²) in [6.45, 7) is 5.46. The maximum absolute atomic E-state index is 11.7. The average molecular weight is 289 g/mol. The molecule has 21 heavy (non-hydrogen) atoms. The summed E-state index contributed by atoms with van der Waals surface area (Å²) in [6.07, 6.45) is 1.77. The van der Waals surface area contributed by atoms with Crippen molar-refractivity contribution in [3.05, 3.63) is 52.9 Å². The van der Waals surface area contributed by atoms with Gasteiger partial charge in [0.1, 0.15) is 11.3 Å². The third kappa shape index (κ3) is 3.71. The lowest BCUT2D eigenvalue weighted by atomic mass is 10.1. The monoisotopic (exact) mass is 289 g/mol. The Morgan fingerprint density at radius 2 is 2.24 bits per heavy atom. The van der Waals surface area contributed by atoms with Gasteiger partial charge in [-0.3, -0.25) is 4.90 Å². The summed E-state index contributed by atoms with van der Waals surface area (Å²) in [5.74, 6) is 0.640. The molecule has 1 N–H and O–H groups in total. The van der Waals surface area contributed by atoms with E-state index in [9.17, 15) is 4.79 Å². The highest BCUT2D eigenvalue weighted by Crippen LogP contribution is 2.23. The van der Waals surface area contributed by atoms with Crippen LogP contribution in [0.3, 0.4) is 0 Å². The molecule has 0 bridgehead atoms. The number of nitrogens with zero attached hydrogens (tertiary/aromatic N) is 1. The zero-order valence-corrected chi connectivity index (χ0v) is 12.0. The molecular formula is C16H19NO4. The first-order valence-corrected chi connectivity index (χ1v) is 6.73. The van der Waals surface area contributed by atoms with E-state index < -0.39 is 5.63 Å². The number of fused-ring (bicyclic) bond motifs is 1. The zero-order chi connectivity index (χ0) is 15.2. The lowest BCUT2D eigenvalue weighted by Crippen LogP contribution is -2.27. The van der Waals surface area contributed by atoms with E-state index in [1.807, 2.05) is 17.0 Å². The topological polar surface area (TPSA) is 62.9 Å². The van der Waals surface area contributed by atoms with Crippen LogP contribution in [0.2, 0.25) is 0 Å². The maximum atomic E-state index is 11.7. The van der Waals surface area contributed by atoms with Crippen molar-refractivity contribution < 1.29 is 14.3 Å². The van der Waals surface area contributed by atoms with Crippen molar-refractivity contribution in [1.29, 1.82) is 0 Å². The molecule has 0 radical (unpaired) electrons. The Hall–Kier alpha value is -2.11. The standard InChI is InChI=1S/C16H19NO4/c1-3-6-17(7-8-18)11-12-9-16(19)21-15-10-13(20-2)4-5-14(12)15/h3-5,9-10,18H,1,6-8,11H2,2H3. The minimum Gasteiger partial charge on any atom is -0.497 e. The van der Waals surface area contributed by atoms with Crippen molar-refractivity contribution in [2.24, 2.45) is 0 Å². The second kappa shape index (κ2) is 7.06. The van der Waals surface area contributed by atoms with Gasteiger partial charge in [-0.25, -0.2) is 4.79 Å². The number of aliphatic hydroxyl groups excluding tert-OH is 1. The highest BCUT2D eigenvalue weighted by molar-refractivity contribution is 5.81. The molecule has 0 amide bonds. The molecule has 0 aliphatic carbocycles. The number of methoxy groups -OCH3 is 1. The molecule has 5 nitrogen and oxygen atoms in total. The van der Waals surface area contributed by atoms with Crippen LogP contribution in [0.15, 0.2) is 46.1 Å². The van der Waals surface area contributed by atoms with Gasteiger partial charge in [0.25, 0.3) is 0 Å². The third-order valence-corrected chi connectivity index (χ3v) is 3.23. The smallest absolute Gasteiger partial charge is 0.336 e. The number of hydrogen-bond acceptors (Lipinski definition) is 5. The summed E-state index contributed by atoms with van der Waals surface area (Å²) >= 11 is 0.